The zero-order valence-electron chi connectivity index (χ0n) is 8.21. The highest BCUT2D eigenvalue weighted by Crippen LogP contribution is 2.22. The van der Waals surface area contributed by atoms with Crippen molar-refractivity contribution in [1.29, 1.82) is 0 Å². The summed E-state index contributed by atoms with van der Waals surface area (Å²) in [6.07, 6.45) is 2.28. The summed E-state index contributed by atoms with van der Waals surface area (Å²) in [5.41, 5.74) is 0. The Hall–Kier alpha value is -0.220. The Morgan fingerprint density at radius 2 is 2.38 bits per heavy atom. The molecule has 0 saturated carbocycles. The van der Waals surface area contributed by atoms with Crippen molar-refractivity contribution in [2.24, 2.45) is 0 Å². The number of carbonyl (C=O) groups is 1. The zero-order chi connectivity index (χ0) is 9.68. The van der Waals surface area contributed by atoms with E-state index in [0.29, 0.717) is 12.0 Å². The molecule has 0 unspecified atom stereocenters. The Morgan fingerprint density at radius 1 is 1.62 bits per heavy atom. The third-order valence-corrected chi connectivity index (χ3v) is 3.27. The fraction of sp³-hybridized carbons (Fsp3) is 0.889. The van der Waals surface area contributed by atoms with E-state index in [-0.39, 0.29) is 12.0 Å². The van der Waals surface area contributed by atoms with Crippen LogP contribution < -0.4 is 5.32 Å². The maximum atomic E-state index is 11.3. The van der Waals surface area contributed by atoms with Gasteiger partial charge in [0.15, 0.2) is 0 Å². The van der Waals surface area contributed by atoms with Gasteiger partial charge < -0.3 is 4.74 Å². The van der Waals surface area contributed by atoms with Gasteiger partial charge in [0.25, 0.3) is 0 Å². The van der Waals surface area contributed by atoms with Gasteiger partial charge in [0.1, 0.15) is 6.04 Å². The standard InChI is InChI=1S/C9H17NO2S/c1-3-5-8-10-7(6-13-8)9(11)12-4-2/h7-8,10H,3-6H2,1-2H3/t7-,8-/m0/s1. The molecule has 0 amide bonds. The second-order valence-corrected chi connectivity index (χ2v) is 4.32. The van der Waals surface area contributed by atoms with Crippen LogP contribution in [-0.2, 0) is 9.53 Å². The number of hydrogen-bond donors (Lipinski definition) is 1. The molecule has 1 aliphatic heterocycles. The van der Waals surface area contributed by atoms with Crippen LogP contribution in [0.3, 0.4) is 0 Å². The predicted molar refractivity (Wildman–Crippen MR) is 54.7 cm³/mol. The van der Waals surface area contributed by atoms with Crippen molar-refractivity contribution in [3.05, 3.63) is 0 Å². The van der Waals surface area contributed by atoms with Crippen molar-refractivity contribution < 1.29 is 9.53 Å². The van der Waals surface area contributed by atoms with Crippen LogP contribution in [0.1, 0.15) is 26.7 Å². The number of thioether (sulfide) groups is 1. The van der Waals surface area contributed by atoms with Crippen molar-refractivity contribution in [2.45, 2.75) is 38.1 Å². The van der Waals surface area contributed by atoms with Crippen molar-refractivity contribution in [3.63, 3.8) is 0 Å². The van der Waals surface area contributed by atoms with Gasteiger partial charge in [0.2, 0.25) is 0 Å². The van der Waals surface area contributed by atoms with E-state index < -0.39 is 0 Å². The Kier molecular flexibility index (Phi) is 4.59. The smallest absolute Gasteiger partial charge is 0.324 e. The molecule has 13 heavy (non-hydrogen) atoms. The molecular weight excluding hydrogens is 186 g/mol. The first-order valence-electron chi connectivity index (χ1n) is 4.82. The van der Waals surface area contributed by atoms with Crippen molar-refractivity contribution in [2.75, 3.05) is 12.4 Å². The molecule has 3 nitrogen and oxygen atoms in total. The maximum absolute atomic E-state index is 11.3. The maximum Gasteiger partial charge on any atom is 0.324 e. The normalized spacial score (nSPS) is 27.5. The summed E-state index contributed by atoms with van der Waals surface area (Å²) in [4.78, 5) is 11.3. The van der Waals surface area contributed by atoms with Gasteiger partial charge in [-0.25, -0.2) is 0 Å². The lowest BCUT2D eigenvalue weighted by Crippen LogP contribution is -2.37. The van der Waals surface area contributed by atoms with Gasteiger partial charge in [0.05, 0.1) is 12.0 Å². The fourth-order valence-electron chi connectivity index (χ4n) is 1.34. The van der Waals surface area contributed by atoms with E-state index in [9.17, 15) is 4.79 Å². The van der Waals surface area contributed by atoms with Crippen molar-refractivity contribution in [1.82, 2.24) is 5.32 Å². The van der Waals surface area contributed by atoms with Crippen molar-refractivity contribution >= 4 is 17.7 Å². The molecule has 1 saturated heterocycles. The molecule has 1 heterocycles. The van der Waals surface area contributed by atoms with Crippen LogP contribution in [0.25, 0.3) is 0 Å². The van der Waals surface area contributed by atoms with Crippen LogP contribution in [0.2, 0.25) is 0 Å². The lowest BCUT2D eigenvalue weighted by Gasteiger charge is -2.11. The van der Waals surface area contributed by atoms with E-state index >= 15 is 0 Å². The molecule has 0 aromatic carbocycles. The van der Waals surface area contributed by atoms with Gasteiger partial charge in [-0.05, 0) is 13.3 Å². The Balaban J connectivity index is 2.27. The van der Waals surface area contributed by atoms with E-state index in [1.54, 1.807) is 0 Å². The van der Waals surface area contributed by atoms with E-state index in [1.807, 2.05) is 18.7 Å². The predicted octanol–water partition coefficient (Wildman–Crippen LogP) is 1.38. The summed E-state index contributed by atoms with van der Waals surface area (Å²) < 4.78 is 4.94. The van der Waals surface area contributed by atoms with Gasteiger partial charge in [-0.2, -0.15) is 0 Å². The number of nitrogens with one attached hydrogen (secondary N) is 1. The van der Waals surface area contributed by atoms with Gasteiger partial charge in [0, 0.05) is 5.75 Å². The minimum atomic E-state index is -0.103. The topological polar surface area (TPSA) is 38.3 Å². The second kappa shape index (κ2) is 5.50. The molecule has 0 aromatic rings. The van der Waals surface area contributed by atoms with Gasteiger partial charge >= 0.3 is 5.97 Å². The fourth-order valence-corrected chi connectivity index (χ4v) is 2.66. The second-order valence-electron chi connectivity index (χ2n) is 3.08. The van der Waals surface area contributed by atoms with Gasteiger partial charge in [-0.3, -0.25) is 10.1 Å². The number of hydrogen-bond acceptors (Lipinski definition) is 4. The van der Waals surface area contributed by atoms with Gasteiger partial charge in [-0.1, -0.05) is 13.3 Å². The first-order chi connectivity index (χ1) is 6.27. The average Bonchev–Trinajstić information content (AvgIpc) is 2.54. The largest absolute Gasteiger partial charge is 0.465 e. The first-order valence-corrected chi connectivity index (χ1v) is 5.87. The first kappa shape index (κ1) is 10.9. The number of ether oxygens (including phenoxy) is 1. The average molecular weight is 203 g/mol. The molecule has 1 rings (SSSR count). The monoisotopic (exact) mass is 203 g/mol. The van der Waals surface area contributed by atoms with E-state index in [4.69, 9.17) is 4.74 Å². The summed E-state index contributed by atoms with van der Waals surface area (Å²) in [5.74, 6) is 0.748. The molecule has 1 aliphatic rings. The highest BCUT2D eigenvalue weighted by molar-refractivity contribution is 8.00. The highest BCUT2D eigenvalue weighted by atomic mass is 32.2. The molecule has 0 bridgehead atoms. The molecule has 0 spiro atoms. The third-order valence-electron chi connectivity index (χ3n) is 1.97. The Morgan fingerprint density at radius 3 is 3.00 bits per heavy atom. The van der Waals surface area contributed by atoms with Crippen LogP contribution in [0.5, 0.6) is 0 Å². The summed E-state index contributed by atoms with van der Waals surface area (Å²) in [7, 11) is 0. The third kappa shape index (κ3) is 3.19. The summed E-state index contributed by atoms with van der Waals surface area (Å²) in [5, 5.41) is 3.71. The number of esters is 1. The summed E-state index contributed by atoms with van der Waals surface area (Å²) >= 11 is 1.82. The van der Waals surface area contributed by atoms with Crippen LogP contribution >= 0.6 is 11.8 Å². The highest BCUT2D eigenvalue weighted by Gasteiger charge is 2.29. The Bertz CT molecular complexity index is 175. The van der Waals surface area contributed by atoms with Crippen LogP contribution in [0.15, 0.2) is 0 Å². The number of rotatable bonds is 4. The SMILES string of the molecule is CCC[C@H]1N[C@H](C(=O)OCC)CS1. The lowest BCUT2D eigenvalue weighted by molar-refractivity contribution is -0.144. The Labute approximate surface area is 83.6 Å². The lowest BCUT2D eigenvalue weighted by atomic mass is 10.3. The minimum absolute atomic E-state index is 0.0819. The summed E-state index contributed by atoms with van der Waals surface area (Å²) in [6, 6.07) is -0.0819. The molecular formula is C9H17NO2S. The van der Waals surface area contributed by atoms with E-state index in [0.717, 1.165) is 18.6 Å². The van der Waals surface area contributed by atoms with E-state index in [1.165, 1.54) is 0 Å². The van der Waals surface area contributed by atoms with Crippen LogP contribution in [0.4, 0.5) is 0 Å². The number of carbonyl (C=O) groups excluding carboxylic acids is 1. The molecule has 4 heteroatoms. The van der Waals surface area contributed by atoms with E-state index in [2.05, 4.69) is 12.2 Å². The molecule has 1 N–H and O–H groups in total. The van der Waals surface area contributed by atoms with Crippen LogP contribution in [0, 0.1) is 0 Å². The molecule has 1 fully saturated rings. The molecule has 76 valence electrons. The molecule has 0 aliphatic carbocycles. The van der Waals surface area contributed by atoms with Crippen LogP contribution in [-0.4, -0.2) is 29.7 Å². The quantitative estimate of drug-likeness (QED) is 0.701. The molecule has 2 atom stereocenters. The van der Waals surface area contributed by atoms with Crippen molar-refractivity contribution in [3.8, 4) is 0 Å². The summed E-state index contributed by atoms with van der Waals surface area (Å²) in [6.45, 7) is 4.46. The molecule has 0 radical (unpaired) electrons. The zero-order valence-corrected chi connectivity index (χ0v) is 9.02. The molecule has 0 aromatic heterocycles. The minimum Gasteiger partial charge on any atom is -0.465 e. The van der Waals surface area contributed by atoms with Gasteiger partial charge in [-0.15, -0.1) is 11.8 Å².